The summed E-state index contributed by atoms with van der Waals surface area (Å²) in [5, 5.41) is 6.76. The van der Waals surface area contributed by atoms with Crippen LogP contribution in [0.2, 0.25) is 0 Å². The molecule has 3 aromatic carbocycles. The zero-order valence-electron chi connectivity index (χ0n) is 16.7. The van der Waals surface area contributed by atoms with Crippen LogP contribution in [0, 0.1) is 0 Å². The van der Waals surface area contributed by atoms with E-state index in [4.69, 9.17) is 5.43 Å². The molecule has 5 rings (SSSR count). The van der Waals surface area contributed by atoms with Crippen LogP contribution in [0.25, 0.3) is 10.9 Å². The van der Waals surface area contributed by atoms with Crippen molar-refractivity contribution in [2.75, 3.05) is 19.6 Å². The van der Waals surface area contributed by atoms with Crippen LogP contribution in [-0.2, 0) is 0 Å². The Morgan fingerprint density at radius 3 is 2.27 bits per heavy atom. The quantitative estimate of drug-likeness (QED) is 0.558. The van der Waals surface area contributed by atoms with Crippen LogP contribution >= 0.6 is 0 Å². The van der Waals surface area contributed by atoms with E-state index in [1.165, 1.54) is 11.1 Å². The van der Waals surface area contributed by atoms with Gasteiger partial charge in [-0.25, -0.2) is 9.97 Å². The highest BCUT2D eigenvalue weighted by Crippen LogP contribution is 2.31. The third kappa shape index (κ3) is 3.90. The molecule has 1 aliphatic rings. The highest BCUT2D eigenvalue weighted by Gasteiger charge is 2.33. The predicted molar refractivity (Wildman–Crippen MR) is 119 cm³/mol. The molecule has 1 aromatic heterocycles. The van der Waals surface area contributed by atoms with Gasteiger partial charge >= 0.3 is 0 Å². The van der Waals surface area contributed by atoms with Crippen molar-refractivity contribution in [1.82, 2.24) is 25.7 Å². The fourth-order valence-corrected chi connectivity index (χ4v) is 4.21. The zero-order valence-corrected chi connectivity index (χ0v) is 16.7. The van der Waals surface area contributed by atoms with Gasteiger partial charge < -0.3 is 5.32 Å². The average Bonchev–Trinajstić information content (AvgIpc) is 2.82. The molecule has 0 bridgehead atoms. The predicted octanol–water partition coefficient (Wildman–Crippen LogP) is 3.89. The number of rotatable bonds is 5. The molecular formula is C25H24N5. The van der Waals surface area contributed by atoms with Gasteiger partial charge in [0.15, 0.2) is 0 Å². The van der Waals surface area contributed by atoms with E-state index in [-0.39, 0.29) is 12.0 Å². The Morgan fingerprint density at radius 1 is 0.867 bits per heavy atom. The number of nitrogens with one attached hydrogen (secondary N) is 1. The molecule has 149 valence electrons. The third-order valence-electron chi connectivity index (χ3n) is 5.65. The Morgan fingerprint density at radius 2 is 1.53 bits per heavy atom. The van der Waals surface area contributed by atoms with E-state index >= 15 is 0 Å². The van der Waals surface area contributed by atoms with E-state index in [0.717, 1.165) is 30.5 Å². The normalized spacial score (nSPS) is 17.3. The Labute approximate surface area is 176 Å². The molecule has 1 fully saturated rings. The lowest BCUT2D eigenvalue weighted by Gasteiger charge is -2.39. The van der Waals surface area contributed by atoms with Crippen molar-refractivity contribution in [2.45, 2.75) is 12.0 Å². The molecule has 1 unspecified atom stereocenters. The van der Waals surface area contributed by atoms with Crippen LogP contribution in [0.15, 0.2) is 91.1 Å². The molecule has 5 heteroatoms. The second kappa shape index (κ2) is 8.61. The number of piperazine rings is 1. The molecule has 0 amide bonds. The molecule has 1 aliphatic heterocycles. The van der Waals surface area contributed by atoms with E-state index in [1.807, 2.05) is 30.5 Å². The van der Waals surface area contributed by atoms with Gasteiger partial charge in [-0.05, 0) is 17.2 Å². The second-order valence-electron chi connectivity index (χ2n) is 7.56. The summed E-state index contributed by atoms with van der Waals surface area (Å²) in [5.41, 5.74) is 8.39. The minimum atomic E-state index is 0.165. The van der Waals surface area contributed by atoms with Gasteiger partial charge in [0, 0.05) is 37.1 Å². The Bertz CT molecular complexity index is 1060. The van der Waals surface area contributed by atoms with Gasteiger partial charge in [0.1, 0.15) is 0 Å². The first-order valence-electron chi connectivity index (χ1n) is 10.4. The van der Waals surface area contributed by atoms with Gasteiger partial charge in [-0.1, -0.05) is 78.9 Å². The lowest BCUT2D eigenvalue weighted by Crippen LogP contribution is -2.56. The summed E-state index contributed by atoms with van der Waals surface area (Å²) in [6.45, 7) is 2.56. The van der Waals surface area contributed by atoms with Gasteiger partial charge in [0.2, 0.25) is 0 Å². The molecule has 5 nitrogen and oxygen atoms in total. The number of hydrogen-bond acceptors (Lipinski definition) is 4. The van der Waals surface area contributed by atoms with Gasteiger partial charge in [-0.15, -0.1) is 0 Å². The number of para-hydroxylation sites is 1. The van der Waals surface area contributed by atoms with Crippen LogP contribution in [0.1, 0.15) is 17.0 Å². The summed E-state index contributed by atoms with van der Waals surface area (Å²) >= 11 is 0. The molecule has 1 radical (unpaired) electrons. The molecule has 0 saturated carbocycles. The fourth-order valence-electron chi connectivity index (χ4n) is 4.21. The largest absolute Gasteiger partial charge is 0.314 e. The lowest BCUT2D eigenvalue weighted by atomic mass is 9.84. The number of benzene rings is 3. The van der Waals surface area contributed by atoms with Crippen molar-refractivity contribution < 1.29 is 0 Å². The van der Waals surface area contributed by atoms with Crippen LogP contribution in [0.5, 0.6) is 0 Å². The first-order chi connectivity index (χ1) is 14.9. The minimum Gasteiger partial charge on any atom is -0.314 e. The highest BCUT2D eigenvalue weighted by molar-refractivity contribution is 5.78. The van der Waals surface area contributed by atoms with Gasteiger partial charge in [0.25, 0.3) is 5.95 Å². The standard InChI is InChI=1S/C25H24N5/c1-3-9-19(10-4-1)24(20-11-5-2-6-12-20)23-18-26-15-16-30(23)29-25-27-17-21-13-7-8-14-22(21)28-25/h1-14,17,23-24,26H,15-16,18H2. The third-order valence-corrected chi connectivity index (χ3v) is 5.65. The minimum absolute atomic E-state index is 0.165. The molecule has 0 spiro atoms. The number of hydrogen-bond donors (Lipinski definition) is 1. The molecule has 30 heavy (non-hydrogen) atoms. The van der Waals surface area contributed by atoms with Crippen LogP contribution in [-0.4, -0.2) is 40.7 Å². The van der Waals surface area contributed by atoms with Crippen molar-refractivity contribution >= 4 is 16.9 Å². The molecule has 1 saturated heterocycles. The maximum atomic E-state index is 4.89. The van der Waals surface area contributed by atoms with Crippen molar-refractivity contribution in [3.63, 3.8) is 0 Å². The van der Waals surface area contributed by atoms with Crippen molar-refractivity contribution in [3.05, 3.63) is 102 Å². The zero-order chi connectivity index (χ0) is 20.2. The topological polar surface area (TPSA) is 55.2 Å². The van der Waals surface area contributed by atoms with Crippen molar-refractivity contribution in [3.8, 4) is 0 Å². The van der Waals surface area contributed by atoms with E-state index in [1.54, 1.807) is 0 Å². The van der Waals surface area contributed by atoms with Gasteiger partial charge in [-0.2, -0.15) is 10.4 Å². The fraction of sp³-hybridized carbons (Fsp3) is 0.200. The van der Waals surface area contributed by atoms with Crippen LogP contribution in [0.4, 0.5) is 5.95 Å². The molecule has 0 aliphatic carbocycles. The summed E-state index contributed by atoms with van der Waals surface area (Å²) < 4.78 is 0. The SMILES string of the molecule is c1ccc(C(c2ccccc2)C2CNCCN2[N]c2ncc3ccccc3n2)cc1. The number of aromatic nitrogens is 2. The molecular weight excluding hydrogens is 370 g/mol. The van der Waals surface area contributed by atoms with Gasteiger partial charge in [-0.3, -0.25) is 0 Å². The van der Waals surface area contributed by atoms with Crippen molar-refractivity contribution in [2.24, 2.45) is 0 Å². The summed E-state index contributed by atoms with van der Waals surface area (Å²) in [6.07, 6.45) is 1.85. The second-order valence-corrected chi connectivity index (χ2v) is 7.56. The number of nitrogens with zero attached hydrogens (tertiary/aromatic N) is 4. The lowest BCUT2D eigenvalue weighted by molar-refractivity contribution is 0.103. The first-order valence-corrected chi connectivity index (χ1v) is 10.4. The molecule has 1 atom stereocenters. The van der Waals surface area contributed by atoms with Crippen molar-refractivity contribution in [1.29, 1.82) is 0 Å². The van der Waals surface area contributed by atoms with Gasteiger partial charge in [0.05, 0.1) is 11.6 Å². The number of fused-ring (bicyclic) bond motifs is 1. The van der Waals surface area contributed by atoms with E-state index in [0.29, 0.717) is 5.95 Å². The maximum Gasteiger partial charge on any atom is 0.262 e. The average molecular weight is 395 g/mol. The summed E-state index contributed by atoms with van der Waals surface area (Å²) in [6, 6.07) is 29.6. The monoisotopic (exact) mass is 394 g/mol. The summed E-state index contributed by atoms with van der Waals surface area (Å²) in [5.74, 6) is 0.713. The first kappa shape index (κ1) is 18.7. The van der Waals surface area contributed by atoms with E-state index in [9.17, 15) is 0 Å². The highest BCUT2D eigenvalue weighted by atomic mass is 15.6. The van der Waals surface area contributed by atoms with E-state index < -0.39 is 0 Å². The summed E-state index contributed by atoms with van der Waals surface area (Å²) in [7, 11) is 0. The molecule has 2 heterocycles. The van der Waals surface area contributed by atoms with E-state index in [2.05, 4.69) is 81.0 Å². The summed E-state index contributed by atoms with van der Waals surface area (Å²) in [4.78, 5) is 9.17. The Hall–Kier alpha value is -3.28. The van der Waals surface area contributed by atoms with Crippen LogP contribution < -0.4 is 10.7 Å². The Balaban J connectivity index is 1.49. The molecule has 4 aromatic rings. The van der Waals surface area contributed by atoms with Crippen LogP contribution in [0.3, 0.4) is 0 Å². The smallest absolute Gasteiger partial charge is 0.262 e. The Kier molecular flexibility index (Phi) is 5.38. The maximum absolute atomic E-state index is 4.89. The molecule has 1 N–H and O–H groups in total.